The molecule has 10 heteroatoms. The average Bonchev–Trinajstić information content (AvgIpc) is 3.25. The third-order valence-corrected chi connectivity index (χ3v) is 7.31. The molecule has 2 aromatic heterocycles. The van der Waals surface area contributed by atoms with E-state index in [0.29, 0.717) is 56.5 Å². The van der Waals surface area contributed by atoms with Gasteiger partial charge in [-0.2, -0.15) is 4.98 Å². The number of hydrogen-bond donors (Lipinski definition) is 1. The van der Waals surface area contributed by atoms with E-state index in [1.54, 1.807) is 4.52 Å². The van der Waals surface area contributed by atoms with Crippen molar-refractivity contribution in [3.63, 3.8) is 0 Å². The van der Waals surface area contributed by atoms with E-state index in [9.17, 15) is 9.59 Å². The first-order chi connectivity index (χ1) is 16.8. The van der Waals surface area contributed by atoms with Crippen LogP contribution >= 0.6 is 11.8 Å². The minimum absolute atomic E-state index is 0.0231. The first-order valence-electron chi connectivity index (χ1n) is 11.9. The number of piperazine rings is 1. The van der Waals surface area contributed by atoms with Crippen LogP contribution in [-0.4, -0.2) is 80.2 Å². The number of aromatic nitrogens is 4. The summed E-state index contributed by atoms with van der Waals surface area (Å²) in [5.41, 5.74) is 6.02. The van der Waals surface area contributed by atoms with Crippen LogP contribution < -0.4 is 5.32 Å². The molecule has 3 heterocycles. The minimum atomic E-state index is -0.0231. The van der Waals surface area contributed by atoms with Gasteiger partial charge in [0.15, 0.2) is 0 Å². The summed E-state index contributed by atoms with van der Waals surface area (Å²) in [5, 5.41) is 8.20. The molecule has 0 bridgehead atoms. The largest absolute Gasteiger partial charge is 0.340 e. The van der Waals surface area contributed by atoms with Gasteiger partial charge in [-0.15, -0.1) is 5.10 Å². The number of nitrogens with zero attached hydrogens (tertiary/aromatic N) is 6. The molecule has 0 aliphatic carbocycles. The summed E-state index contributed by atoms with van der Waals surface area (Å²) >= 11 is 1.48. The van der Waals surface area contributed by atoms with Crippen LogP contribution in [0.25, 0.3) is 5.78 Å². The third kappa shape index (κ3) is 5.65. The first-order valence-corrected chi connectivity index (χ1v) is 13.1. The Labute approximate surface area is 210 Å². The van der Waals surface area contributed by atoms with Crippen molar-refractivity contribution in [3.05, 3.63) is 46.3 Å². The number of carbonyl (C=O) groups is 2. The number of thioether (sulfide) groups is 1. The number of carbonyl (C=O) groups excluding carboxylic acids is 2. The molecule has 0 unspecified atom stereocenters. The van der Waals surface area contributed by atoms with Gasteiger partial charge < -0.3 is 10.2 Å². The summed E-state index contributed by atoms with van der Waals surface area (Å²) in [4.78, 5) is 38.5. The summed E-state index contributed by atoms with van der Waals surface area (Å²) in [6.07, 6.45) is 2.98. The zero-order valence-corrected chi connectivity index (χ0v) is 21.9. The van der Waals surface area contributed by atoms with E-state index in [4.69, 9.17) is 0 Å². The zero-order chi connectivity index (χ0) is 25.1. The van der Waals surface area contributed by atoms with Gasteiger partial charge in [0.2, 0.25) is 17.0 Å². The molecule has 1 fully saturated rings. The van der Waals surface area contributed by atoms with E-state index in [1.807, 2.05) is 57.0 Å². The average molecular weight is 496 g/mol. The van der Waals surface area contributed by atoms with Crippen molar-refractivity contribution in [2.75, 3.05) is 44.3 Å². The second kappa shape index (κ2) is 10.7. The fourth-order valence-electron chi connectivity index (χ4n) is 4.46. The van der Waals surface area contributed by atoms with E-state index in [2.05, 4.69) is 25.3 Å². The molecule has 1 N–H and O–H groups in total. The minimum Gasteiger partial charge on any atom is -0.340 e. The number of nitrogens with one attached hydrogen (secondary N) is 1. The Hall–Kier alpha value is -2.98. The van der Waals surface area contributed by atoms with Crippen molar-refractivity contribution in [1.82, 2.24) is 29.4 Å². The molecule has 2 amide bonds. The summed E-state index contributed by atoms with van der Waals surface area (Å²) in [6, 6.07) is 5.92. The molecule has 4 rings (SSSR count). The Kier molecular flexibility index (Phi) is 7.71. The van der Waals surface area contributed by atoms with Crippen LogP contribution in [0.5, 0.6) is 0 Å². The molecule has 0 atom stereocenters. The standard InChI is InChI=1S/C25H33N7O2S/c1-16-7-6-8-21(17(16)2)27-22(33)15-30-11-13-31(14-12-30)23(34)10-9-20-18(3)26-24-28-25(35-5)29-32(24)19(20)4/h6-8H,9-15H2,1-5H3,(H,27,33). The maximum absolute atomic E-state index is 12.9. The van der Waals surface area contributed by atoms with Gasteiger partial charge in [0, 0.05) is 49.7 Å². The van der Waals surface area contributed by atoms with Crippen molar-refractivity contribution in [3.8, 4) is 0 Å². The SMILES string of the molecule is CSc1nc2nc(C)c(CCC(=O)N3CCN(CC(=O)Nc4cccc(C)c4C)CC3)c(C)n2n1. The summed E-state index contributed by atoms with van der Waals surface area (Å²) in [7, 11) is 0. The fourth-order valence-corrected chi connectivity index (χ4v) is 4.80. The lowest BCUT2D eigenvalue weighted by Crippen LogP contribution is -2.50. The molecule has 9 nitrogen and oxygen atoms in total. The molecule has 3 aromatic rings. The number of anilines is 1. The van der Waals surface area contributed by atoms with Gasteiger partial charge in [-0.1, -0.05) is 23.9 Å². The van der Waals surface area contributed by atoms with Crippen molar-refractivity contribution >= 4 is 35.0 Å². The Morgan fingerprint density at radius 1 is 1.06 bits per heavy atom. The Balaban J connectivity index is 1.28. The quantitative estimate of drug-likeness (QED) is 0.504. The van der Waals surface area contributed by atoms with E-state index >= 15 is 0 Å². The molecule has 1 aliphatic rings. The molecular formula is C25H33N7O2S. The second-order valence-electron chi connectivity index (χ2n) is 9.02. The predicted octanol–water partition coefficient (Wildman–Crippen LogP) is 2.80. The van der Waals surface area contributed by atoms with Crippen molar-refractivity contribution in [2.45, 2.75) is 45.7 Å². The highest BCUT2D eigenvalue weighted by Crippen LogP contribution is 2.20. The Morgan fingerprint density at radius 2 is 1.80 bits per heavy atom. The molecule has 186 valence electrons. The number of benzene rings is 1. The highest BCUT2D eigenvalue weighted by atomic mass is 32.2. The maximum Gasteiger partial charge on any atom is 0.253 e. The van der Waals surface area contributed by atoms with Crippen LogP contribution in [0.4, 0.5) is 5.69 Å². The van der Waals surface area contributed by atoms with E-state index in [1.165, 1.54) is 11.8 Å². The molecule has 1 aliphatic heterocycles. The highest BCUT2D eigenvalue weighted by molar-refractivity contribution is 7.98. The fraction of sp³-hybridized carbons (Fsp3) is 0.480. The Morgan fingerprint density at radius 3 is 2.51 bits per heavy atom. The van der Waals surface area contributed by atoms with E-state index in [-0.39, 0.29) is 11.8 Å². The first kappa shape index (κ1) is 25.1. The molecule has 0 radical (unpaired) electrons. The van der Waals surface area contributed by atoms with Crippen LogP contribution in [0, 0.1) is 27.7 Å². The normalized spacial score (nSPS) is 14.5. The van der Waals surface area contributed by atoms with Crippen molar-refractivity contribution < 1.29 is 9.59 Å². The van der Waals surface area contributed by atoms with Gasteiger partial charge in [0.25, 0.3) is 5.78 Å². The molecule has 1 saturated heterocycles. The predicted molar refractivity (Wildman–Crippen MR) is 138 cm³/mol. The lowest BCUT2D eigenvalue weighted by molar-refractivity contribution is -0.133. The van der Waals surface area contributed by atoms with Gasteiger partial charge >= 0.3 is 0 Å². The van der Waals surface area contributed by atoms with Crippen molar-refractivity contribution in [1.29, 1.82) is 0 Å². The summed E-state index contributed by atoms with van der Waals surface area (Å²) in [5.74, 6) is 0.703. The van der Waals surface area contributed by atoms with Gasteiger partial charge in [-0.25, -0.2) is 9.50 Å². The van der Waals surface area contributed by atoms with E-state index < -0.39 is 0 Å². The van der Waals surface area contributed by atoms with Gasteiger partial charge in [0.05, 0.1) is 6.54 Å². The van der Waals surface area contributed by atoms with Crippen LogP contribution in [0.2, 0.25) is 0 Å². The van der Waals surface area contributed by atoms with E-state index in [0.717, 1.165) is 33.8 Å². The van der Waals surface area contributed by atoms with Crippen molar-refractivity contribution in [2.24, 2.45) is 0 Å². The number of rotatable bonds is 7. The van der Waals surface area contributed by atoms with Crippen LogP contribution in [0.3, 0.4) is 0 Å². The summed E-state index contributed by atoms with van der Waals surface area (Å²) in [6.45, 7) is 11.0. The number of fused-ring (bicyclic) bond motifs is 1. The summed E-state index contributed by atoms with van der Waals surface area (Å²) < 4.78 is 1.76. The zero-order valence-electron chi connectivity index (χ0n) is 21.1. The molecule has 35 heavy (non-hydrogen) atoms. The molecule has 0 spiro atoms. The molecule has 1 aromatic carbocycles. The Bertz CT molecular complexity index is 1250. The van der Waals surface area contributed by atoms with Crippen LogP contribution in [-0.2, 0) is 16.0 Å². The molecule has 0 saturated carbocycles. The van der Waals surface area contributed by atoms with Crippen LogP contribution in [0.15, 0.2) is 23.4 Å². The molecular weight excluding hydrogens is 462 g/mol. The van der Waals surface area contributed by atoms with Gasteiger partial charge in [0.1, 0.15) is 0 Å². The highest BCUT2D eigenvalue weighted by Gasteiger charge is 2.23. The maximum atomic E-state index is 12.9. The monoisotopic (exact) mass is 495 g/mol. The van der Waals surface area contributed by atoms with Gasteiger partial charge in [-0.3, -0.25) is 14.5 Å². The number of aryl methyl sites for hydroxylation is 3. The lowest BCUT2D eigenvalue weighted by Gasteiger charge is -2.34. The number of amides is 2. The van der Waals surface area contributed by atoms with Crippen LogP contribution in [0.1, 0.15) is 34.5 Å². The smallest absolute Gasteiger partial charge is 0.253 e. The second-order valence-corrected chi connectivity index (χ2v) is 9.80. The lowest BCUT2D eigenvalue weighted by atomic mass is 10.1. The van der Waals surface area contributed by atoms with Gasteiger partial charge in [-0.05, 0) is 63.1 Å². The number of hydrogen-bond acceptors (Lipinski definition) is 7. The third-order valence-electron chi connectivity index (χ3n) is 6.77. The topological polar surface area (TPSA) is 95.7 Å².